The van der Waals surface area contributed by atoms with Gasteiger partial charge in [-0.2, -0.15) is 0 Å². The number of hydrogen-bond donors (Lipinski definition) is 2. The lowest BCUT2D eigenvalue weighted by Gasteiger charge is -2.11. The van der Waals surface area contributed by atoms with Crippen LogP contribution in [0.25, 0.3) is 0 Å². The molecule has 0 saturated carbocycles. The van der Waals surface area contributed by atoms with Gasteiger partial charge in [0.15, 0.2) is 0 Å². The second kappa shape index (κ2) is 6.95. The molecule has 0 fully saturated rings. The van der Waals surface area contributed by atoms with Crippen molar-refractivity contribution in [2.75, 3.05) is 26.8 Å². The quantitative estimate of drug-likeness (QED) is 0.776. The van der Waals surface area contributed by atoms with Gasteiger partial charge in [-0.05, 0) is 17.7 Å². The fourth-order valence-electron chi connectivity index (χ4n) is 1.22. The minimum atomic E-state index is -0.463. The molecule has 0 aliphatic heterocycles. The summed E-state index contributed by atoms with van der Waals surface area (Å²) in [5.41, 5.74) is 0.920. The minimum absolute atomic E-state index is 0.463. The van der Waals surface area contributed by atoms with Gasteiger partial charge in [-0.15, -0.1) is 0 Å². The second-order valence-electron chi connectivity index (χ2n) is 3.26. The molecule has 0 heterocycles. The van der Waals surface area contributed by atoms with Crippen LogP contribution in [0.2, 0.25) is 0 Å². The van der Waals surface area contributed by atoms with Crippen molar-refractivity contribution in [2.45, 2.75) is 6.10 Å². The highest BCUT2D eigenvalue weighted by Crippen LogP contribution is 2.15. The van der Waals surface area contributed by atoms with Crippen LogP contribution in [-0.4, -0.2) is 31.9 Å². The van der Waals surface area contributed by atoms with E-state index in [0.29, 0.717) is 13.2 Å². The average Bonchev–Trinajstić information content (AvgIpc) is 2.25. The fourth-order valence-corrected chi connectivity index (χ4v) is 1.48. The molecule has 1 aromatic carbocycles. The normalized spacial score (nSPS) is 12.7. The Morgan fingerprint density at radius 3 is 2.67 bits per heavy atom. The lowest BCUT2D eigenvalue weighted by Crippen LogP contribution is -2.24. The smallest absolute Gasteiger partial charge is 0.0914 e. The number of methoxy groups -OCH3 is 1. The molecule has 2 N–H and O–H groups in total. The first kappa shape index (κ1) is 12.6. The maximum Gasteiger partial charge on any atom is 0.0914 e. The molecule has 84 valence electrons. The third-order valence-electron chi connectivity index (χ3n) is 2.08. The maximum absolute atomic E-state index is 9.79. The van der Waals surface area contributed by atoms with Crippen LogP contribution in [0.3, 0.4) is 0 Å². The Kier molecular flexibility index (Phi) is 5.86. The van der Waals surface area contributed by atoms with Crippen molar-refractivity contribution in [1.29, 1.82) is 0 Å². The molecule has 4 heteroatoms. The number of nitrogens with one attached hydrogen (secondary N) is 1. The number of ether oxygens (including phenoxy) is 1. The summed E-state index contributed by atoms with van der Waals surface area (Å²) in [5.74, 6) is 0. The van der Waals surface area contributed by atoms with E-state index in [1.807, 2.05) is 24.3 Å². The summed E-state index contributed by atoms with van der Waals surface area (Å²) in [7, 11) is 1.66. The lowest BCUT2D eigenvalue weighted by molar-refractivity contribution is 0.161. The summed E-state index contributed by atoms with van der Waals surface area (Å²) < 4.78 is 5.91. The van der Waals surface area contributed by atoms with Crippen molar-refractivity contribution in [2.24, 2.45) is 0 Å². The molecule has 0 saturated heterocycles. The summed E-state index contributed by atoms with van der Waals surface area (Å²) in [6, 6.07) is 7.67. The van der Waals surface area contributed by atoms with E-state index in [-0.39, 0.29) is 0 Å². The Labute approximate surface area is 98.6 Å². The number of rotatable bonds is 6. The zero-order chi connectivity index (χ0) is 11.1. The van der Waals surface area contributed by atoms with Crippen LogP contribution in [0.15, 0.2) is 28.7 Å². The van der Waals surface area contributed by atoms with Crippen molar-refractivity contribution >= 4 is 15.9 Å². The summed E-state index contributed by atoms with van der Waals surface area (Å²) in [5, 5.41) is 12.9. The van der Waals surface area contributed by atoms with Gasteiger partial charge in [0.1, 0.15) is 0 Å². The van der Waals surface area contributed by atoms with Crippen LogP contribution >= 0.6 is 15.9 Å². The fraction of sp³-hybridized carbons (Fsp3) is 0.455. The first-order valence-corrected chi connectivity index (χ1v) is 5.66. The van der Waals surface area contributed by atoms with Crippen molar-refractivity contribution in [1.82, 2.24) is 5.32 Å². The summed E-state index contributed by atoms with van der Waals surface area (Å²) in [4.78, 5) is 0. The molecule has 3 nitrogen and oxygen atoms in total. The van der Waals surface area contributed by atoms with E-state index < -0.39 is 6.10 Å². The molecule has 1 atom stereocenters. The Hall–Kier alpha value is -0.420. The van der Waals surface area contributed by atoms with Gasteiger partial charge < -0.3 is 15.2 Å². The molecule has 0 aliphatic rings. The van der Waals surface area contributed by atoms with E-state index >= 15 is 0 Å². The Balaban J connectivity index is 2.33. The number of aliphatic hydroxyl groups excluding tert-OH is 1. The average molecular weight is 274 g/mol. The van der Waals surface area contributed by atoms with Crippen molar-refractivity contribution in [3.63, 3.8) is 0 Å². The Morgan fingerprint density at radius 1 is 1.40 bits per heavy atom. The van der Waals surface area contributed by atoms with Gasteiger partial charge in [-0.3, -0.25) is 0 Å². The molecule has 0 aliphatic carbocycles. The number of halogens is 1. The van der Waals surface area contributed by atoms with Crippen molar-refractivity contribution < 1.29 is 9.84 Å². The van der Waals surface area contributed by atoms with Gasteiger partial charge >= 0.3 is 0 Å². The molecule has 0 radical (unpaired) electrons. The van der Waals surface area contributed by atoms with E-state index in [1.54, 1.807) is 7.11 Å². The molecule has 15 heavy (non-hydrogen) atoms. The topological polar surface area (TPSA) is 41.5 Å². The van der Waals surface area contributed by atoms with Crippen LogP contribution in [0.4, 0.5) is 0 Å². The third kappa shape index (κ3) is 4.75. The minimum Gasteiger partial charge on any atom is -0.387 e. The molecular formula is C11H16BrNO2. The highest BCUT2D eigenvalue weighted by atomic mass is 79.9. The van der Waals surface area contributed by atoms with E-state index in [2.05, 4.69) is 21.2 Å². The van der Waals surface area contributed by atoms with Crippen LogP contribution < -0.4 is 5.32 Å². The SMILES string of the molecule is COCCNCC(O)c1ccc(Br)cc1. The Bertz CT molecular complexity index is 276. The van der Waals surface area contributed by atoms with Gasteiger partial charge in [0.25, 0.3) is 0 Å². The van der Waals surface area contributed by atoms with Crippen LogP contribution in [-0.2, 0) is 4.74 Å². The highest BCUT2D eigenvalue weighted by molar-refractivity contribution is 9.10. The van der Waals surface area contributed by atoms with Gasteiger partial charge in [0.05, 0.1) is 12.7 Å². The maximum atomic E-state index is 9.79. The molecular weight excluding hydrogens is 258 g/mol. The van der Waals surface area contributed by atoms with E-state index in [4.69, 9.17) is 4.74 Å². The summed E-state index contributed by atoms with van der Waals surface area (Å²) >= 11 is 3.35. The number of benzene rings is 1. The molecule has 0 spiro atoms. The molecule has 0 bridgehead atoms. The largest absolute Gasteiger partial charge is 0.387 e. The molecule has 0 amide bonds. The zero-order valence-electron chi connectivity index (χ0n) is 8.74. The monoisotopic (exact) mass is 273 g/mol. The predicted octanol–water partition coefficient (Wildman–Crippen LogP) is 1.72. The second-order valence-corrected chi connectivity index (χ2v) is 4.18. The standard InChI is InChI=1S/C11H16BrNO2/c1-15-7-6-13-8-11(14)9-2-4-10(12)5-3-9/h2-5,11,13-14H,6-8H2,1H3. The van der Waals surface area contributed by atoms with Crippen LogP contribution in [0, 0.1) is 0 Å². The van der Waals surface area contributed by atoms with Crippen LogP contribution in [0.1, 0.15) is 11.7 Å². The van der Waals surface area contributed by atoms with Gasteiger partial charge in [0, 0.05) is 24.7 Å². The number of hydrogen-bond acceptors (Lipinski definition) is 3. The van der Waals surface area contributed by atoms with Gasteiger partial charge in [-0.1, -0.05) is 28.1 Å². The lowest BCUT2D eigenvalue weighted by atomic mass is 10.1. The molecule has 1 rings (SSSR count). The summed E-state index contributed by atoms with van der Waals surface area (Å²) in [6.07, 6.45) is -0.463. The highest BCUT2D eigenvalue weighted by Gasteiger charge is 2.05. The predicted molar refractivity (Wildman–Crippen MR) is 63.8 cm³/mol. The summed E-state index contributed by atoms with van der Waals surface area (Å²) in [6.45, 7) is 1.96. The first-order chi connectivity index (χ1) is 7.24. The first-order valence-electron chi connectivity index (χ1n) is 4.87. The molecule has 1 unspecified atom stereocenters. The zero-order valence-corrected chi connectivity index (χ0v) is 10.3. The molecule has 1 aromatic rings. The van der Waals surface area contributed by atoms with Crippen LogP contribution in [0.5, 0.6) is 0 Å². The van der Waals surface area contributed by atoms with E-state index in [0.717, 1.165) is 16.6 Å². The van der Waals surface area contributed by atoms with E-state index in [9.17, 15) is 5.11 Å². The van der Waals surface area contributed by atoms with Gasteiger partial charge in [0.2, 0.25) is 0 Å². The Morgan fingerprint density at radius 2 is 2.07 bits per heavy atom. The number of aliphatic hydroxyl groups is 1. The molecule has 0 aromatic heterocycles. The van der Waals surface area contributed by atoms with E-state index in [1.165, 1.54) is 0 Å². The third-order valence-corrected chi connectivity index (χ3v) is 2.60. The van der Waals surface area contributed by atoms with Crippen molar-refractivity contribution in [3.8, 4) is 0 Å². The van der Waals surface area contributed by atoms with Gasteiger partial charge in [-0.25, -0.2) is 0 Å². The van der Waals surface area contributed by atoms with Crippen molar-refractivity contribution in [3.05, 3.63) is 34.3 Å².